The molecule has 8 heteroatoms. The number of phenolic OH excluding ortho intramolecular Hbond substituents is 1. The molecular formula is C21H25ClFN3O3. The second-order valence-electron chi connectivity index (χ2n) is 7.28. The maximum absolute atomic E-state index is 13.0. The van der Waals surface area contributed by atoms with Crippen molar-refractivity contribution in [1.82, 2.24) is 15.5 Å². The fraction of sp³-hybridized carbons (Fsp3) is 0.333. The lowest BCUT2D eigenvalue weighted by atomic mass is 10.0. The second-order valence-corrected chi connectivity index (χ2v) is 7.50. The second kappa shape index (κ2) is 10.2. The summed E-state index contributed by atoms with van der Waals surface area (Å²) in [5.74, 6) is -0.953. The summed E-state index contributed by atoms with van der Waals surface area (Å²) < 4.78 is 13.0. The van der Waals surface area contributed by atoms with Crippen molar-refractivity contribution in [2.75, 3.05) is 6.54 Å². The number of hydrogen-bond acceptors (Lipinski definition) is 4. The van der Waals surface area contributed by atoms with E-state index in [0.29, 0.717) is 13.0 Å². The molecule has 29 heavy (non-hydrogen) atoms. The van der Waals surface area contributed by atoms with E-state index >= 15 is 0 Å². The highest BCUT2D eigenvalue weighted by Gasteiger charge is 2.31. The van der Waals surface area contributed by atoms with Crippen LogP contribution in [0, 0.1) is 5.82 Å². The van der Waals surface area contributed by atoms with Gasteiger partial charge in [-0.25, -0.2) is 9.23 Å². The predicted octanol–water partition coefficient (Wildman–Crippen LogP) is 2.44. The van der Waals surface area contributed by atoms with Gasteiger partial charge in [-0.3, -0.25) is 9.59 Å². The Morgan fingerprint density at radius 2 is 1.66 bits per heavy atom. The maximum atomic E-state index is 13.0. The molecule has 1 atom stereocenters. The number of rotatable bonds is 9. The fourth-order valence-electron chi connectivity index (χ4n) is 2.69. The van der Waals surface area contributed by atoms with Crippen LogP contribution in [-0.2, 0) is 22.4 Å². The summed E-state index contributed by atoms with van der Waals surface area (Å²) >= 11 is 5.71. The quantitative estimate of drug-likeness (QED) is 0.468. The zero-order valence-electron chi connectivity index (χ0n) is 16.3. The zero-order chi connectivity index (χ0) is 21.4. The highest BCUT2D eigenvalue weighted by atomic mass is 35.5. The molecule has 156 valence electrons. The van der Waals surface area contributed by atoms with Crippen molar-refractivity contribution in [2.45, 2.75) is 38.3 Å². The van der Waals surface area contributed by atoms with Crippen LogP contribution in [0.5, 0.6) is 5.75 Å². The molecule has 0 bridgehead atoms. The van der Waals surface area contributed by atoms with Crippen molar-refractivity contribution in [3.8, 4) is 5.75 Å². The van der Waals surface area contributed by atoms with Gasteiger partial charge < -0.3 is 15.7 Å². The van der Waals surface area contributed by atoms with Gasteiger partial charge in [-0.1, -0.05) is 24.3 Å². The predicted molar refractivity (Wildman–Crippen MR) is 110 cm³/mol. The van der Waals surface area contributed by atoms with Crippen molar-refractivity contribution in [3.05, 3.63) is 65.5 Å². The Balaban J connectivity index is 1.87. The van der Waals surface area contributed by atoms with Crippen molar-refractivity contribution in [1.29, 1.82) is 0 Å². The van der Waals surface area contributed by atoms with Gasteiger partial charge in [0.2, 0.25) is 11.8 Å². The molecule has 2 rings (SSSR count). The Morgan fingerprint density at radius 3 is 2.24 bits per heavy atom. The minimum atomic E-state index is -1.15. The first kappa shape index (κ1) is 22.6. The number of aromatic hydroxyl groups is 1. The number of carbonyl (C=O) groups is 2. The minimum Gasteiger partial charge on any atom is -0.508 e. The molecule has 2 aromatic rings. The molecule has 0 saturated heterocycles. The van der Waals surface area contributed by atoms with E-state index in [2.05, 4.69) is 15.5 Å². The van der Waals surface area contributed by atoms with Crippen molar-refractivity contribution >= 4 is 23.6 Å². The Labute approximate surface area is 174 Å². The van der Waals surface area contributed by atoms with E-state index in [1.807, 2.05) is 0 Å². The van der Waals surface area contributed by atoms with E-state index in [-0.39, 0.29) is 23.9 Å². The average Bonchev–Trinajstić information content (AvgIpc) is 2.68. The summed E-state index contributed by atoms with van der Waals surface area (Å²) in [4.78, 5) is 27.5. The van der Waals surface area contributed by atoms with E-state index in [4.69, 9.17) is 11.8 Å². The topological polar surface area (TPSA) is 90.5 Å². The molecule has 0 aliphatic carbocycles. The number of hydrogen-bond donors (Lipinski definition) is 4. The molecule has 0 aromatic heterocycles. The van der Waals surface area contributed by atoms with Crippen LogP contribution in [0.3, 0.4) is 0 Å². The van der Waals surface area contributed by atoms with Crippen LogP contribution in [0.2, 0.25) is 0 Å². The van der Waals surface area contributed by atoms with Gasteiger partial charge in [-0.05, 0) is 73.9 Å². The van der Waals surface area contributed by atoms with Crippen LogP contribution in [0.15, 0.2) is 48.5 Å². The van der Waals surface area contributed by atoms with Gasteiger partial charge in [0, 0.05) is 6.54 Å². The highest BCUT2D eigenvalue weighted by molar-refractivity contribution is 6.15. The van der Waals surface area contributed by atoms with Crippen LogP contribution >= 0.6 is 11.8 Å². The summed E-state index contributed by atoms with van der Waals surface area (Å²) in [7, 11) is 0. The Morgan fingerprint density at radius 1 is 1.07 bits per heavy atom. The van der Waals surface area contributed by atoms with Crippen LogP contribution < -0.4 is 15.5 Å². The molecule has 2 aromatic carbocycles. The van der Waals surface area contributed by atoms with Crippen LogP contribution in [-0.4, -0.2) is 35.0 Å². The van der Waals surface area contributed by atoms with E-state index < -0.39 is 17.5 Å². The standard InChI is InChI=1S/C21H25ClFN3O3/c1-21(2,20(29)24-12-11-14-5-9-17(27)10-6-14)25-19(28)18(26-22)13-15-3-7-16(23)8-4-15/h3-10,18,26-27H,11-13H2,1-2H3,(H,24,29)(H,25,28)/t18-/m0/s1. The molecule has 0 radical (unpaired) electrons. The third-order valence-corrected chi connectivity index (χ3v) is 4.70. The minimum absolute atomic E-state index is 0.185. The molecule has 0 aliphatic heterocycles. The van der Waals surface area contributed by atoms with Gasteiger partial charge in [0.1, 0.15) is 23.1 Å². The summed E-state index contributed by atoms with van der Waals surface area (Å²) in [6, 6.07) is 11.7. The Kier molecular flexibility index (Phi) is 7.99. The number of benzene rings is 2. The van der Waals surface area contributed by atoms with Crippen LogP contribution in [0.1, 0.15) is 25.0 Å². The molecule has 0 aliphatic rings. The zero-order valence-corrected chi connectivity index (χ0v) is 17.1. The van der Waals surface area contributed by atoms with Crippen molar-refractivity contribution in [2.24, 2.45) is 0 Å². The molecule has 0 heterocycles. The van der Waals surface area contributed by atoms with Crippen LogP contribution in [0.4, 0.5) is 4.39 Å². The first-order valence-corrected chi connectivity index (χ1v) is 9.58. The van der Waals surface area contributed by atoms with Crippen molar-refractivity contribution in [3.63, 3.8) is 0 Å². The first-order valence-electron chi connectivity index (χ1n) is 9.20. The van der Waals surface area contributed by atoms with E-state index in [1.54, 1.807) is 50.2 Å². The molecular weight excluding hydrogens is 397 g/mol. The SMILES string of the molecule is CC(C)(NC(=O)[C@H](Cc1ccc(F)cc1)NCl)C(=O)NCCc1ccc(O)cc1. The van der Waals surface area contributed by atoms with Crippen molar-refractivity contribution < 1.29 is 19.1 Å². The third kappa shape index (κ3) is 7.03. The van der Waals surface area contributed by atoms with Gasteiger partial charge >= 0.3 is 0 Å². The molecule has 0 saturated carbocycles. The Hall–Kier alpha value is -2.64. The fourth-order valence-corrected chi connectivity index (χ4v) is 2.87. The summed E-state index contributed by atoms with van der Waals surface area (Å²) in [5, 5.41) is 14.8. The molecule has 0 unspecified atom stereocenters. The molecule has 6 nitrogen and oxygen atoms in total. The number of carbonyl (C=O) groups excluding carboxylic acids is 2. The smallest absolute Gasteiger partial charge is 0.245 e. The van der Waals surface area contributed by atoms with Crippen LogP contribution in [0.25, 0.3) is 0 Å². The first-order chi connectivity index (χ1) is 13.7. The largest absolute Gasteiger partial charge is 0.508 e. The van der Waals surface area contributed by atoms with E-state index in [1.165, 1.54) is 12.1 Å². The summed E-state index contributed by atoms with van der Waals surface area (Å²) in [5.41, 5.74) is 0.549. The van der Waals surface area contributed by atoms with Gasteiger partial charge in [0.05, 0.1) is 0 Å². The lowest BCUT2D eigenvalue weighted by molar-refractivity contribution is -0.133. The average molecular weight is 422 g/mol. The van der Waals surface area contributed by atoms with Gasteiger partial charge in [0.25, 0.3) is 0 Å². The van der Waals surface area contributed by atoms with E-state index in [9.17, 15) is 19.1 Å². The summed E-state index contributed by atoms with van der Waals surface area (Å²) in [6.07, 6.45) is 0.834. The number of nitrogens with one attached hydrogen (secondary N) is 3. The number of amides is 2. The van der Waals surface area contributed by atoms with E-state index in [0.717, 1.165) is 11.1 Å². The Bertz CT molecular complexity index is 826. The maximum Gasteiger partial charge on any atom is 0.245 e. The molecule has 0 fully saturated rings. The normalized spacial score (nSPS) is 12.3. The third-order valence-electron chi connectivity index (χ3n) is 4.44. The van der Waals surface area contributed by atoms with Gasteiger partial charge in [-0.2, -0.15) is 0 Å². The van der Waals surface area contributed by atoms with Gasteiger partial charge in [-0.15, -0.1) is 0 Å². The summed E-state index contributed by atoms with van der Waals surface area (Å²) in [6.45, 7) is 3.59. The lowest BCUT2D eigenvalue weighted by Gasteiger charge is -2.27. The monoisotopic (exact) mass is 421 g/mol. The highest BCUT2D eigenvalue weighted by Crippen LogP contribution is 2.11. The molecule has 0 spiro atoms. The lowest BCUT2D eigenvalue weighted by Crippen LogP contribution is -2.58. The molecule has 4 N–H and O–H groups in total. The number of halogens is 2. The van der Waals surface area contributed by atoms with Gasteiger partial charge in [0.15, 0.2) is 0 Å². The molecule has 2 amide bonds. The number of phenols is 1.